The van der Waals surface area contributed by atoms with Gasteiger partial charge in [0.2, 0.25) is 10.0 Å². The Kier molecular flexibility index (Phi) is 4.87. The van der Waals surface area contributed by atoms with Crippen LogP contribution in [0.5, 0.6) is 0 Å². The maximum Gasteiger partial charge on any atom is 0.417 e. The maximum atomic E-state index is 12.8. The Hall–Kier alpha value is -1.87. The fourth-order valence-corrected chi connectivity index (χ4v) is 3.19. The molecule has 22 heavy (non-hydrogen) atoms. The molecule has 2 rings (SSSR count). The summed E-state index contributed by atoms with van der Waals surface area (Å²) in [6.45, 7) is 0.491. The first kappa shape index (κ1) is 16.5. The number of rotatable bonds is 6. The zero-order valence-electron chi connectivity index (χ0n) is 11.4. The number of alkyl halides is 3. The van der Waals surface area contributed by atoms with Gasteiger partial charge in [-0.15, -0.1) is 0 Å². The molecule has 1 aromatic carbocycles. The summed E-state index contributed by atoms with van der Waals surface area (Å²) in [5.74, 6) is 0. The van der Waals surface area contributed by atoms with Crippen LogP contribution in [0.1, 0.15) is 12.0 Å². The van der Waals surface area contributed by atoms with Gasteiger partial charge in [0.05, 0.1) is 10.5 Å². The third-order valence-electron chi connectivity index (χ3n) is 2.90. The van der Waals surface area contributed by atoms with Crippen molar-refractivity contribution in [2.24, 2.45) is 0 Å². The van der Waals surface area contributed by atoms with Gasteiger partial charge in [-0.1, -0.05) is 12.1 Å². The minimum Gasteiger partial charge on any atom is -0.273 e. The third-order valence-corrected chi connectivity index (χ3v) is 4.42. The summed E-state index contributed by atoms with van der Waals surface area (Å²) in [6.07, 6.45) is -1.01. The number of aryl methyl sites for hydroxylation is 1. The van der Waals surface area contributed by atoms with Crippen LogP contribution in [0.4, 0.5) is 13.2 Å². The van der Waals surface area contributed by atoms with Crippen molar-refractivity contribution in [2.45, 2.75) is 24.0 Å². The summed E-state index contributed by atoms with van der Waals surface area (Å²) in [6, 6.07) is 5.83. The first-order valence-corrected chi connectivity index (χ1v) is 7.92. The van der Waals surface area contributed by atoms with Crippen LogP contribution < -0.4 is 4.72 Å². The van der Waals surface area contributed by atoms with Crippen molar-refractivity contribution in [1.82, 2.24) is 14.5 Å². The highest BCUT2D eigenvalue weighted by molar-refractivity contribution is 7.89. The second kappa shape index (κ2) is 6.49. The van der Waals surface area contributed by atoms with Crippen LogP contribution in [0, 0.1) is 0 Å². The van der Waals surface area contributed by atoms with E-state index in [0.717, 1.165) is 18.2 Å². The summed E-state index contributed by atoms with van der Waals surface area (Å²) >= 11 is 0. The van der Waals surface area contributed by atoms with Gasteiger partial charge in [0.1, 0.15) is 0 Å². The fraction of sp³-hybridized carbons (Fsp3) is 0.308. The van der Waals surface area contributed by atoms with Crippen LogP contribution in [-0.4, -0.2) is 24.7 Å². The van der Waals surface area contributed by atoms with E-state index in [1.807, 2.05) is 0 Å². The minimum absolute atomic E-state index is 0.0222. The summed E-state index contributed by atoms with van der Waals surface area (Å²) < 4.78 is 66.4. The monoisotopic (exact) mass is 333 g/mol. The highest BCUT2D eigenvalue weighted by Crippen LogP contribution is 2.33. The van der Waals surface area contributed by atoms with E-state index < -0.39 is 26.7 Å². The number of nitrogens with one attached hydrogen (secondary N) is 1. The molecule has 0 spiro atoms. The molecule has 0 saturated carbocycles. The molecule has 0 radical (unpaired) electrons. The van der Waals surface area contributed by atoms with Crippen LogP contribution in [0.3, 0.4) is 0 Å². The Morgan fingerprint density at radius 1 is 1.18 bits per heavy atom. The number of nitrogens with zero attached hydrogens (tertiary/aromatic N) is 2. The Morgan fingerprint density at radius 3 is 2.55 bits per heavy atom. The van der Waals surface area contributed by atoms with Gasteiger partial charge in [-0.25, -0.2) is 13.1 Å². The molecule has 0 aliphatic carbocycles. The molecule has 0 atom stereocenters. The first-order valence-electron chi connectivity index (χ1n) is 6.44. The molecule has 0 saturated heterocycles. The van der Waals surface area contributed by atoms with E-state index in [2.05, 4.69) is 9.82 Å². The number of aromatic nitrogens is 2. The molecular weight excluding hydrogens is 319 g/mol. The lowest BCUT2D eigenvalue weighted by Crippen LogP contribution is -2.27. The van der Waals surface area contributed by atoms with Gasteiger partial charge in [0.15, 0.2) is 0 Å². The van der Waals surface area contributed by atoms with Crippen LogP contribution in [0.25, 0.3) is 0 Å². The number of hydrogen-bond acceptors (Lipinski definition) is 3. The van der Waals surface area contributed by atoms with Crippen molar-refractivity contribution in [3.8, 4) is 0 Å². The largest absolute Gasteiger partial charge is 0.417 e. The SMILES string of the molecule is O=S(=O)(NCCCn1cccn1)c1ccccc1C(F)(F)F. The summed E-state index contributed by atoms with van der Waals surface area (Å²) in [7, 11) is -4.21. The van der Waals surface area contributed by atoms with E-state index >= 15 is 0 Å². The van der Waals surface area contributed by atoms with E-state index in [1.54, 1.807) is 23.1 Å². The molecule has 0 aliphatic rings. The van der Waals surface area contributed by atoms with E-state index in [0.29, 0.717) is 13.0 Å². The highest BCUT2D eigenvalue weighted by atomic mass is 32.2. The summed E-state index contributed by atoms with van der Waals surface area (Å²) in [5, 5.41) is 3.95. The number of benzene rings is 1. The average Bonchev–Trinajstić information content (AvgIpc) is 2.96. The van der Waals surface area contributed by atoms with Gasteiger partial charge in [0.25, 0.3) is 0 Å². The first-order chi connectivity index (χ1) is 10.3. The second-order valence-electron chi connectivity index (χ2n) is 4.51. The van der Waals surface area contributed by atoms with Gasteiger partial charge >= 0.3 is 6.18 Å². The molecule has 120 valence electrons. The van der Waals surface area contributed by atoms with Crippen LogP contribution >= 0.6 is 0 Å². The van der Waals surface area contributed by atoms with Crippen molar-refractivity contribution in [3.63, 3.8) is 0 Å². The van der Waals surface area contributed by atoms with Crippen LogP contribution in [-0.2, 0) is 22.7 Å². The third kappa shape index (κ3) is 4.08. The Balaban J connectivity index is 2.04. The van der Waals surface area contributed by atoms with E-state index in [1.165, 1.54) is 6.07 Å². The fourth-order valence-electron chi connectivity index (χ4n) is 1.89. The van der Waals surface area contributed by atoms with Gasteiger partial charge in [-0.05, 0) is 24.6 Å². The minimum atomic E-state index is -4.72. The van der Waals surface area contributed by atoms with Gasteiger partial charge < -0.3 is 0 Å². The van der Waals surface area contributed by atoms with Crippen molar-refractivity contribution >= 4 is 10.0 Å². The predicted octanol–water partition coefficient (Wildman–Crippen LogP) is 2.27. The average molecular weight is 333 g/mol. The van der Waals surface area contributed by atoms with E-state index in [-0.39, 0.29) is 6.54 Å². The molecule has 2 aromatic rings. The van der Waals surface area contributed by atoms with Crippen molar-refractivity contribution in [2.75, 3.05) is 6.54 Å². The lowest BCUT2D eigenvalue weighted by Gasteiger charge is -2.13. The molecule has 0 bridgehead atoms. The summed E-state index contributed by atoms with van der Waals surface area (Å²) in [5.41, 5.74) is -1.17. The van der Waals surface area contributed by atoms with Gasteiger partial charge in [-0.3, -0.25) is 4.68 Å². The molecule has 0 amide bonds. The topological polar surface area (TPSA) is 64.0 Å². The Bertz CT molecular complexity index is 712. The molecule has 1 N–H and O–H groups in total. The maximum absolute atomic E-state index is 12.8. The lowest BCUT2D eigenvalue weighted by molar-refractivity contribution is -0.139. The Morgan fingerprint density at radius 2 is 1.91 bits per heavy atom. The zero-order valence-corrected chi connectivity index (χ0v) is 12.2. The summed E-state index contributed by atoms with van der Waals surface area (Å²) in [4.78, 5) is -0.762. The number of hydrogen-bond donors (Lipinski definition) is 1. The number of halogens is 3. The second-order valence-corrected chi connectivity index (χ2v) is 6.25. The van der Waals surface area contributed by atoms with E-state index in [9.17, 15) is 21.6 Å². The molecule has 0 unspecified atom stereocenters. The van der Waals surface area contributed by atoms with Crippen LogP contribution in [0.2, 0.25) is 0 Å². The molecule has 0 fully saturated rings. The molecule has 0 aliphatic heterocycles. The van der Waals surface area contributed by atoms with Crippen molar-refractivity contribution < 1.29 is 21.6 Å². The molecule has 1 aromatic heterocycles. The van der Waals surface area contributed by atoms with Crippen molar-refractivity contribution in [3.05, 3.63) is 48.3 Å². The zero-order chi connectivity index (χ0) is 16.2. The Labute approximate surface area is 125 Å². The molecule has 5 nitrogen and oxygen atoms in total. The molecular formula is C13H14F3N3O2S. The van der Waals surface area contributed by atoms with Gasteiger partial charge in [-0.2, -0.15) is 18.3 Å². The van der Waals surface area contributed by atoms with Crippen LogP contribution in [0.15, 0.2) is 47.6 Å². The molecule has 9 heteroatoms. The number of sulfonamides is 1. The lowest BCUT2D eigenvalue weighted by atomic mass is 10.2. The van der Waals surface area contributed by atoms with Crippen molar-refractivity contribution in [1.29, 1.82) is 0 Å². The predicted molar refractivity (Wildman–Crippen MR) is 73.5 cm³/mol. The normalized spacial score (nSPS) is 12.5. The smallest absolute Gasteiger partial charge is 0.273 e. The highest BCUT2D eigenvalue weighted by Gasteiger charge is 2.36. The standard InChI is InChI=1S/C13H14F3N3O2S/c14-13(15,16)11-5-1-2-6-12(11)22(20,21)18-8-4-10-19-9-3-7-17-19/h1-3,5-7,9,18H,4,8,10H2. The molecule has 1 heterocycles. The van der Waals surface area contributed by atoms with Gasteiger partial charge in [0, 0.05) is 25.5 Å². The van der Waals surface area contributed by atoms with E-state index in [4.69, 9.17) is 0 Å². The quantitative estimate of drug-likeness (QED) is 0.825.